The molecule has 0 N–H and O–H groups in total. The Morgan fingerprint density at radius 2 is 1.93 bits per heavy atom. The highest BCUT2D eigenvalue weighted by Gasteiger charge is 2.30. The number of ether oxygens (including phenoxy) is 4. The summed E-state index contributed by atoms with van der Waals surface area (Å²) in [6.07, 6.45) is 0.781. The Kier molecular flexibility index (Phi) is 7.44. The van der Waals surface area contributed by atoms with Crippen LogP contribution in [0.4, 0.5) is 10.1 Å². The van der Waals surface area contributed by atoms with Gasteiger partial charge in [0.05, 0.1) is 43.0 Å². The first kappa shape index (κ1) is 27.7. The molecule has 8 nitrogen and oxygen atoms in total. The van der Waals surface area contributed by atoms with Crippen molar-refractivity contribution in [1.29, 1.82) is 0 Å². The smallest absolute Gasteiger partial charge is 0.185 e. The van der Waals surface area contributed by atoms with Crippen LogP contribution in [0.3, 0.4) is 0 Å². The van der Waals surface area contributed by atoms with E-state index in [1.54, 1.807) is 19.2 Å². The van der Waals surface area contributed by atoms with E-state index in [1.165, 1.54) is 0 Å². The maximum atomic E-state index is 14.8. The first-order valence-electron chi connectivity index (χ1n) is 15.0. The summed E-state index contributed by atoms with van der Waals surface area (Å²) in [7, 11) is 1.64. The molecule has 9 heteroatoms. The van der Waals surface area contributed by atoms with Crippen LogP contribution in [0.25, 0.3) is 16.8 Å². The second kappa shape index (κ2) is 11.5. The van der Waals surface area contributed by atoms with Crippen molar-refractivity contribution in [3.8, 4) is 11.5 Å². The summed E-state index contributed by atoms with van der Waals surface area (Å²) in [6.45, 7) is 11.9. The molecule has 0 aliphatic carbocycles. The highest BCUT2D eigenvalue weighted by Crippen LogP contribution is 2.44. The lowest BCUT2D eigenvalue weighted by atomic mass is 10.1. The predicted octanol–water partition coefficient (Wildman–Crippen LogP) is 5.72. The van der Waals surface area contributed by atoms with Gasteiger partial charge in [0.2, 0.25) is 0 Å². The summed E-state index contributed by atoms with van der Waals surface area (Å²) in [6, 6.07) is 17.4. The fraction of sp³-hybridized carbons (Fsp3) is 0.382. The third-order valence-corrected chi connectivity index (χ3v) is 8.76. The third kappa shape index (κ3) is 5.43. The zero-order chi connectivity index (χ0) is 29.5. The van der Waals surface area contributed by atoms with Gasteiger partial charge in [0, 0.05) is 43.9 Å². The highest BCUT2D eigenvalue weighted by molar-refractivity contribution is 5.80. The number of aryl methyl sites for hydroxylation is 1. The van der Waals surface area contributed by atoms with Gasteiger partial charge in [0.25, 0.3) is 0 Å². The van der Waals surface area contributed by atoms with Gasteiger partial charge >= 0.3 is 0 Å². The number of anilines is 1. The van der Waals surface area contributed by atoms with Crippen LogP contribution in [-0.4, -0.2) is 67.1 Å². The van der Waals surface area contributed by atoms with E-state index < -0.39 is 6.10 Å². The molecule has 4 aromatic rings. The molecular weight excluding hydrogens is 547 g/mol. The topological polar surface area (TPSA) is 61.2 Å². The predicted molar refractivity (Wildman–Crippen MR) is 164 cm³/mol. The number of halogens is 1. The van der Waals surface area contributed by atoms with Crippen molar-refractivity contribution in [2.45, 2.75) is 38.6 Å². The number of hydrogen-bond acceptors (Lipinski definition) is 7. The molecule has 3 aromatic carbocycles. The number of rotatable bonds is 8. The largest absolute Gasteiger partial charge is 0.497 e. The van der Waals surface area contributed by atoms with Crippen molar-refractivity contribution in [1.82, 2.24) is 14.5 Å². The average Bonchev–Trinajstić information content (AvgIpc) is 3.34. The Labute approximate surface area is 251 Å². The van der Waals surface area contributed by atoms with E-state index in [0.29, 0.717) is 22.8 Å². The third-order valence-electron chi connectivity index (χ3n) is 8.76. The Morgan fingerprint density at radius 1 is 1.09 bits per heavy atom. The minimum atomic E-state index is -0.496. The van der Waals surface area contributed by atoms with E-state index in [0.717, 1.165) is 86.0 Å². The van der Waals surface area contributed by atoms with Crippen LogP contribution in [0.1, 0.15) is 35.0 Å². The summed E-state index contributed by atoms with van der Waals surface area (Å²) in [5.41, 5.74) is 5.38. The van der Waals surface area contributed by atoms with Gasteiger partial charge < -0.3 is 28.4 Å². The molecule has 0 radical (unpaired) electrons. The number of aromatic nitrogens is 2. The molecule has 1 aromatic heterocycles. The van der Waals surface area contributed by atoms with Gasteiger partial charge in [-0.15, -0.1) is 0 Å². The normalized spacial score (nSPS) is 20.2. The van der Waals surface area contributed by atoms with E-state index in [9.17, 15) is 4.39 Å². The van der Waals surface area contributed by atoms with E-state index >= 15 is 0 Å². The Hall–Kier alpha value is -4.08. The van der Waals surface area contributed by atoms with Crippen LogP contribution in [0, 0.1) is 12.7 Å². The lowest BCUT2D eigenvalue weighted by molar-refractivity contribution is -0.0592. The lowest BCUT2D eigenvalue weighted by Gasteiger charge is -2.38. The molecule has 2 fully saturated rings. The zero-order valence-corrected chi connectivity index (χ0v) is 24.7. The second-order valence-electron chi connectivity index (χ2n) is 11.6. The Morgan fingerprint density at radius 3 is 2.67 bits per heavy atom. The summed E-state index contributed by atoms with van der Waals surface area (Å²) < 4.78 is 40.8. The minimum absolute atomic E-state index is 0.214. The number of para-hydroxylation sites is 1. The van der Waals surface area contributed by atoms with Crippen molar-refractivity contribution in [2.24, 2.45) is 0 Å². The molecular formula is C34H37FN4O4. The van der Waals surface area contributed by atoms with E-state index in [4.69, 9.17) is 23.9 Å². The Bertz CT molecular complexity index is 1660. The van der Waals surface area contributed by atoms with Gasteiger partial charge in [0.1, 0.15) is 24.0 Å². The van der Waals surface area contributed by atoms with Crippen LogP contribution in [0.2, 0.25) is 0 Å². The molecule has 0 amide bonds. The fourth-order valence-corrected chi connectivity index (χ4v) is 6.14. The molecule has 4 heterocycles. The summed E-state index contributed by atoms with van der Waals surface area (Å²) in [5.74, 6) is 2.79. The standard InChI is InChI=1S/C34H37FN4O4/c1-22-7-9-26(27(35)17-22)32-21-42-31-6-4-5-29(34(31)43-32)38-14-12-37(13-15-38)20-33-36-28-10-8-24(23(2)40-3)18-30(28)39(33)19-25-11-16-41-25/h4-10,17-18,25,32H,2,11-16,19-21H2,1,3H3. The highest BCUT2D eigenvalue weighted by atomic mass is 19.1. The fourth-order valence-electron chi connectivity index (χ4n) is 6.14. The molecule has 3 aliphatic rings. The second-order valence-corrected chi connectivity index (χ2v) is 11.6. The van der Waals surface area contributed by atoms with Crippen molar-refractivity contribution >= 4 is 22.5 Å². The molecule has 2 unspecified atom stereocenters. The quantitative estimate of drug-likeness (QED) is 0.246. The summed E-state index contributed by atoms with van der Waals surface area (Å²) >= 11 is 0. The number of nitrogens with zero attached hydrogens (tertiary/aromatic N) is 4. The van der Waals surface area contributed by atoms with Crippen molar-refractivity contribution in [3.63, 3.8) is 0 Å². The van der Waals surface area contributed by atoms with Crippen molar-refractivity contribution < 1.29 is 23.3 Å². The lowest BCUT2D eigenvalue weighted by Crippen LogP contribution is -2.46. The van der Waals surface area contributed by atoms with E-state index in [2.05, 4.69) is 33.1 Å². The van der Waals surface area contributed by atoms with Gasteiger partial charge in [-0.1, -0.05) is 24.8 Å². The molecule has 3 aliphatic heterocycles. The van der Waals surface area contributed by atoms with E-state index in [1.807, 2.05) is 37.3 Å². The average molecular weight is 585 g/mol. The van der Waals surface area contributed by atoms with Gasteiger partial charge in [-0.05, 0) is 55.3 Å². The molecule has 43 heavy (non-hydrogen) atoms. The number of hydrogen-bond donors (Lipinski definition) is 0. The van der Waals surface area contributed by atoms with E-state index in [-0.39, 0.29) is 18.5 Å². The van der Waals surface area contributed by atoms with Crippen LogP contribution >= 0.6 is 0 Å². The molecule has 7 rings (SSSR count). The number of imidazole rings is 1. The minimum Gasteiger partial charge on any atom is -0.497 e. The molecule has 0 spiro atoms. The van der Waals surface area contributed by atoms with Crippen LogP contribution in [0.5, 0.6) is 11.5 Å². The monoisotopic (exact) mass is 584 g/mol. The van der Waals surface area contributed by atoms with Crippen LogP contribution in [-0.2, 0) is 22.6 Å². The first-order valence-corrected chi connectivity index (χ1v) is 15.0. The Balaban J connectivity index is 1.07. The number of piperazine rings is 1. The van der Waals surface area contributed by atoms with Crippen LogP contribution < -0.4 is 14.4 Å². The van der Waals surface area contributed by atoms with Gasteiger partial charge in [-0.25, -0.2) is 9.37 Å². The number of methoxy groups -OCH3 is 1. The van der Waals surface area contributed by atoms with Gasteiger partial charge in [0.15, 0.2) is 17.6 Å². The SMILES string of the molecule is C=C(OC)c1ccc2nc(CN3CCN(c4cccc5c4OC(c4ccc(C)cc4F)CO5)CC3)n(CC3CCO3)c2c1. The van der Waals surface area contributed by atoms with Crippen molar-refractivity contribution in [3.05, 3.63) is 89.5 Å². The maximum absolute atomic E-state index is 14.8. The van der Waals surface area contributed by atoms with Gasteiger partial charge in [-0.2, -0.15) is 0 Å². The van der Waals surface area contributed by atoms with Gasteiger partial charge in [-0.3, -0.25) is 4.90 Å². The molecule has 2 atom stereocenters. The summed E-state index contributed by atoms with van der Waals surface area (Å²) in [5, 5.41) is 0. The molecule has 224 valence electrons. The zero-order valence-electron chi connectivity index (χ0n) is 24.7. The maximum Gasteiger partial charge on any atom is 0.185 e. The first-order chi connectivity index (χ1) is 21.0. The molecule has 2 saturated heterocycles. The number of benzene rings is 3. The number of fused-ring (bicyclic) bond motifs is 2. The molecule has 0 bridgehead atoms. The molecule has 0 saturated carbocycles. The summed E-state index contributed by atoms with van der Waals surface area (Å²) in [4.78, 5) is 9.82. The van der Waals surface area contributed by atoms with Crippen LogP contribution in [0.15, 0.2) is 61.2 Å². The van der Waals surface area contributed by atoms with Crippen molar-refractivity contribution in [2.75, 3.05) is 51.4 Å².